The van der Waals surface area contributed by atoms with Gasteiger partial charge in [-0.1, -0.05) is 179 Å². The van der Waals surface area contributed by atoms with Crippen molar-refractivity contribution in [1.82, 2.24) is 0 Å². The topological polar surface area (TPSA) is 24.1 Å². The van der Waals surface area contributed by atoms with Crippen LogP contribution < -0.4 is 59.8 Å². The van der Waals surface area contributed by atoms with E-state index in [2.05, 4.69) is 187 Å². The van der Waals surface area contributed by atoms with E-state index in [9.17, 15) is 0 Å². The minimum atomic E-state index is 0.0649. The number of fused-ring (bicyclic) bond motifs is 4. The van der Waals surface area contributed by atoms with Gasteiger partial charge in [0.25, 0.3) is 0 Å². The maximum absolute atomic E-state index is 3.81. The molecule has 2 aliphatic rings. The summed E-state index contributed by atoms with van der Waals surface area (Å²) in [7, 11) is 0. The van der Waals surface area contributed by atoms with Gasteiger partial charge >= 0.3 is 0 Å². The molecule has 7 aromatic rings. The molecule has 0 aromatic heterocycles. The third-order valence-electron chi connectivity index (χ3n) is 9.92. The number of rotatable bonds is 5. The first kappa shape index (κ1) is 27.6. The van der Waals surface area contributed by atoms with E-state index in [1.807, 2.05) is 0 Å². The maximum Gasteiger partial charge on any atom is 0.246 e. The molecule has 2 aliphatic heterocycles. The van der Waals surface area contributed by atoms with Gasteiger partial charge in [0.05, 0.1) is 0 Å². The van der Waals surface area contributed by atoms with Crippen LogP contribution >= 0.6 is 0 Å². The smallest absolute Gasteiger partial charge is 0.246 e. The Morgan fingerprint density at radius 3 is 1.17 bits per heavy atom. The average Bonchev–Trinajstić information content (AvgIpc) is 3.14. The third-order valence-corrected chi connectivity index (χ3v) is 9.92. The average molecular weight is 596 g/mol. The lowest BCUT2D eigenvalue weighted by atomic mass is 9.33. The Labute approximate surface area is 277 Å². The molecule has 2 nitrogen and oxygen atoms in total. The maximum atomic E-state index is 3.81. The predicted octanol–water partition coefficient (Wildman–Crippen LogP) is 3.35. The molecule has 0 amide bonds. The van der Waals surface area contributed by atoms with Crippen LogP contribution in [0.2, 0.25) is 0 Å². The van der Waals surface area contributed by atoms with Gasteiger partial charge in [0.15, 0.2) is 0 Å². The lowest BCUT2D eigenvalue weighted by Crippen LogP contribution is -2.58. The van der Waals surface area contributed by atoms with Crippen LogP contribution in [0.4, 0.5) is 22.7 Å². The second-order valence-corrected chi connectivity index (χ2v) is 12.6. The normalized spacial score (nSPS) is 12.5. The molecule has 7 aromatic carbocycles. The second kappa shape index (κ2) is 11.6. The molecule has 0 radical (unpaired) electrons. The summed E-state index contributed by atoms with van der Waals surface area (Å²) in [5, 5.41) is 7.62. The fourth-order valence-corrected chi connectivity index (χ4v) is 7.81. The molecule has 0 bridgehead atoms. The first-order valence-electron chi connectivity index (χ1n) is 16.5. The molecule has 0 fully saturated rings. The molecule has 0 spiro atoms. The number of benzene rings is 7. The Morgan fingerprint density at radius 2 is 0.702 bits per heavy atom. The van der Waals surface area contributed by atoms with Crippen molar-refractivity contribution in [2.75, 3.05) is 10.6 Å². The van der Waals surface area contributed by atoms with E-state index in [-0.39, 0.29) is 20.1 Å². The van der Waals surface area contributed by atoms with Gasteiger partial charge in [-0.15, -0.1) is 0 Å². The minimum Gasteiger partial charge on any atom is -0.356 e. The lowest BCUT2D eigenvalue weighted by Gasteiger charge is -2.30. The molecule has 218 valence electrons. The van der Waals surface area contributed by atoms with Crippen molar-refractivity contribution in [3.05, 3.63) is 176 Å². The lowest BCUT2D eigenvalue weighted by molar-refractivity contribution is 1.57. The van der Waals surface area contributed by atoms with E-state index < -0.39 is 0 Å². The molecule has 0 saturated carbocycles. The fourth-order valence-electron chi connectivity index (χ4n) is 7.81. The van der Waals surface area contributed by atoms with Crippen LogP contribution in [-0.4, -0.2) is 20.1 Å². The fraction of sp³-hybridized carbons (Fsp3) is 0. The van der Waals surface area contributed by atoms with E-state index >= 15 is 0 Å². The van der Waals surface area contributed by atoms with Crippen molar-refractivity contribution in [3.63, 3.8) is 0 Å². The van der Waals surface area contributed by atoms with Crippen LogP contribution in [0.5, 0.6) is 0 Å². The van der Waals surface area contributed by atoms with Crippen molar-refractivity contribution < 1.29 is 0 Å². The summed E-state index contributed by atoms with van der Waals surface area (Å²) in [4.78, 5) is 0. The largest absolute Gasteiger partial charge is 0.356 e. The Bertz CT molecular complexity index is 2080. The number of para-hydroxylation sites is 2. The van der Waals surface area contributed by atoms with Gasteiger partial charge in [-0.25, -0.2) is 0 Å². The highest BCUT2D eigenvalue weighted by Crippen LogP contribution is 2.21. The molecule has 2 heterocycles. The van der Waals surface area contributed by atoms with Gasteiger partial charge in [0, 0.05) is 22.7 Å². The van der Waals surface area contributed by atoms with Crippen LogP contribution in [0, 0.1) is 0 Å². The first-order valence-corrected chi connectivity index (χ1v) is 16.5. The van der Waals surface area contributed by atoms with E-state index in [1.165, 1.54) is 71.9 Å². The summed E-state index contributed by atoms with van der Waals surface area (Å²) in [6, 6.07) is 64.3. The summed E-state index contributed by atoms with van der Waals surface area (Å²) in [6.07, 6.45) is 0. The van der Waals surface area contributed by atoms with Gasteiger partial charge in [0.1, 0.15) is 0 Å². The highest BCUT2D eigenvalue weighted by atomic mass is 14.9. The van der Waals surface area contributed by atoms with Crippen molar-refractivity contribution in [2.45, 2.75) is 0 Å². The summed E-state index contributed by atoms with van der Waals surface area (Å²) in [5.74, 6) is 0. The SMILES string of the molecule is c1ccc(B(c2ccc3c(c2)Nc2ccccc2B3c2ccccc2)c2ccc3c(c2)Nc2ccccc2B3c2ccccc2)cc1. The molecular formula is C42H31B3N2. The Balaban J connectivity index is 1.18. The van der Waals surface area contributed by atoms with Crippen LogP contribution in [-0.2, 0) is 0 Å². The number of hydrogen-bond donors (Lipinski definition) is 2. The molecule has 0 aliphatic carbocycles. The van der Waals surface area contributed by atoms with Crippen LogP contribution in [0.3, 0.4) is 0 Å². The number of nitrogens with one attached hydrogen (secondary N) is 2. The van der Waals surface area contributed by atoms with E-state index in [1.54, 1.807) is 0 Å². The van der Waals surface area contributed by atoms with Crippen molar-refractivity contribution in [3.8, 4) is 0 Å². The summed E-state index contributed by atoms with van der Waals surface area (Å²) >= 11 is 0. The molecule has 0 saturated heterocycles. The van der Waals surface area contributed by atoms with Crippen molar-refractivity contribution in [2.24, 2.45) is 0 Å². The van der Waals surface area contributed by atoms with Crippen molar-refractivity contribution >= 4 is 92.1 Å². The van der Waals surface area contributed by atoms with Gasteiger partial charge < -0.3 is 10.6 Å². The van der Waals surface area contributed by atoms with Crippen LogP contribution in [0.25, 0.3) is 0 Å². The monoisotopic (exact) mass is 596 g/mol. The molecule has 5 heteroatoms. The van der Waals surface area contributed by atoms with E-state index in [0.29, 0.717) is 0 Å². The molecular weight excluding hydrogens is 565 g/mol. The first-order chi connectivity index (χ1) is 23.3. The van der Waals surface area contributed by atoms with Gasteiger partial charge in [-0.05, 0) is 46.1 Å². The zero-order valence-electron chi connectivity index (χ0n) is 26.0. The van der Waals surface area contributed by atoms with E-state index in [4.69, 9.17) is 0 Å². The van der Waals surface area contributed by atoms with Crippen LogP contribution in [0.15, 0.2) is 176 Å². The number of hydrogen-bond acceptors (Lipinski definition) is 2. The Hall–Kier alpha value is -5.67. The Kier molecular flexibility index (Phi) is 6.82. The number of anilines is 4. The highest BCUT2D eigenvalue weighted by Gasteiger charge is 2.34. The van der Waals surface area contributed by atoms with E-state index in [0.717, 1.165) is 0 Å². The molecule has 47 heavy (non-hydrogen) atoms. The molecule has 0 unspecified atom stereocenters. The second-order valence-electron chi connectivity index (χ2n) is 12.6. The van der Waals surface area contributed by atoms with Crippen LogP contribution in [0.1, 0.15) is 0 Å². The zero-order chi connectivity index (χ0) is 31.2. The summed E-state index contributed by atoms with van der Waals surface area (Å²) in [5.41, 5.74) is 16.4. The highest BCUT2D eigenvalue weighted by molar-refractivity contribution is 6.99. The molecule has 9 rings (SSSR count). The van der Waals surface area contributed by atoms with Crippen molar-refractivity contribution in [1.29, 1.82) is 0 Å². The third kappa shape index (κ3) is 4.87. The van der Waals surface area contributed by atoms with Gasteiger partial charge in [0.2, 0.25) is 20.1 Å². The standard InChI is InChI=1S/C42H31B3N2/c1-4-14-30(15-5-1)43(33-24-26-37-41(28-33)46-39-22-12-10-20-35(39)44(37)31-16-6-2-7-17-31)34-25-27-38-42(29-34)47-40-23-13-11-21-36(40)45(38)32-18-8-3-9-19-32/h1-29,46-47H. The van der Waals surface area contributed by atoms with Gasteiger partial charge in [-0.3, -0.25) is 0 Å². The summed E-state index contributed by atoms with van der Waals surface area (Å²) in [6.45, 7) is 0.418. The summed E-state index contributed by atoms with van der Waals surface area (Å²) < 4.78 is 0. The minimum absolute atomic E-state index is 0.0649. The predicted molar refractivity (Wildman–Crippen MR) is 206 cm³/mol. The zero-order valence-corrected chi connectivity index (χ0v) is 26.0. The molecule has 0 atom stereocenters. The quantitative estimate of drug-likeness (QED) is 0.298. The van der Waals surface area contributed by atoms with Gasteiger partial charge in [-0.2, -0.15) is 0 Å². The Morgan fingerprint density at radius 1 is 0.319 bits per heavy atom. The molecule has 2 N–H and O–H groups in total.